The van der Waals surface area contributed by atoms with Gasteiger partial charge in [-0.3, -0.25) is 0 Å². The summed E-state index contributed by atoms with van der Waals surface area (Å²) in [5.74, 6) is 0. The van der Waals surface area contributed by atoms with Crippen LogP contribution in [0.3, 0.4) is 0 Å². The van der Waals surface area contributed by atoms with Crippen molar-refractivity contribution < 1.29 is 28.5 Å². The lowest BCUT2D eigenvalue weighted by Gasteiger charge is -2.28. The molecule has 0 rings (SSSR count). The van der Waals surface area contributed by atoms with Gasteiger partial charge in [0.05, 0.1) is 14.2 Å². The van der Waals surface area contributed by atoms with Gasteiger partial charge in [0.1, 0.15) is 12.7 Å². The number of carbonyl (C=O) groups is 2. The Hall–Kier alpha value is -1.46. The van der Waals surface area contributed by atoms with Crippen molar-refractivity contribution in [2.24, 2.45) is 5.41 Å². The summed E-state index contributed by atoms with van der Waals surface area (Å²) in [5, 5.41) is 0. The smallest absolute Gasteiger partial charge is 0.438 e. The lowest BCUT2D eigenvalue weighted by molar-refractivity contribution is -0.0468. The monoisotopic (exact) mass is 234 g/mol. The average molecular weight is 234 g/mol. The molecule has 0 aromatic carbocycles. The van der Waals surface area contributed by atoms with E-state index in [1.807, 2.05) is 20.8 Å². The maximum Gasteiger partial charge on any atom is 0.508 e. The van der Waals surface area contributed by atoms with E-state index >= 15 is 0 Å². The van der Waals surface area contributed by atoms with Crippen LogP contribution < -0.4 is 0 Å². The Kier molecular flexibility index (Phi) is 5.63. The topological polar surface area (TPSA) is 71.1 Å². The maximum absolute atomic E-state index is 11.0. The fourth-order valence-electron chi connectivity index (χ4n) is 0.828. The van der Waals surface area contributed by atoms with Crippen LogP contribution in [0.25, 0.3) is 0 Å². The lowest BCUT2D eigenvalue weighted by atomic mass is 9.89. The summed E-state index contributed by atoms with van der Waals surface area (Å²) < 4.78 is 18.4. The van der Waals surface area contributed by atoms with E-state index in [0.29, 0.717) is 0 Å². The van der Waals surface area contributed by atoms with E-state index < -0.39 is 18.4 Å². The van der Waals surface area contributed by atoms with Crippen molar-refractivity contribution in [3.8, 4) is 0 Å². The third-order valence-electron chi connectivity index (χ3n) is 1.89. The molecule has 0 N–H and O–H groups in total. The molecule has 0 bridgehead atoms. The standard InChI is InChI=1S/C10H18O6/c1-10(2,3)7(16-9(12)14-5)6-15-8(11)13-4/h7H,6H2,1-5H3. The number of hydrogen-bond acceptors (Lipinski definition) is 6. The van der Waals surface area contributed by atoms with Gasteiger partial charge in [-0.25, -0.2) is 9.59 Å². The molecule has 6 heteroatoms. The maximum atomic E-state index is 11.0. The van der Waals surface area contributed by atoms with Gasteiger partial charge in [-0.1, -0.05) is 20.8 Å². The summed E-state index contributed by atoms with van der Waals surface area (Å²) >= 11 is 0. The van der Waals surface area contributed by atoms with E-state index in [1.165, 1.54) is 14.2 Å². The summed E-state index contributed by atoms with van der Waals surface area (Å²) in [6.07, 6.45) is -2.23. The second-order valence-corrected chi connectivity index (χ2v) is 4.19. The molecule has 94 valence electrons. The first-order valence-corrected chi connectivity index (χ1v) is 4.76. The molecule has 0 fully saturated rings. The van der Waals surface area contributed by atoms with E-state index in [2.05, 4.69) is 9.47 Å². The van der Waals surface area contributed by atoms with Crippen molar-refractivity contribution in [3.63, 3.8) is 0 Å². The molecule has 0 aliphatic rings. The third kappa shape index (κ3) is 5.43. The van der Waals surface area contributed by atoms with E-state index in [0.717, 1.165) is 0 Å². The van der Waals surface area contributed by atoms with Crippen LogP contribution in [-0.2, 0) is 18.9 Å². The molecule has 0 aromatic rings. The Balaban J connectivity index is 4.33. The normalized spacial score (nSPS) is 12.6. The van der Waals surface area contributed by atoms with Gasteiger partial charge < -0.3 is 18.9 Å². The molecule has 0 amide bonds. The van der Waals surface area contributed by atoms with Crippen molar-refractivity contribution in [3.05, 3.63) is 0 Å². The molecule has 0 spiro atoms. The highest BCUT2D eigenvalue weighted by Gasteiger charge is 2.30. The van der Waals surface area contributed by atoms with Crippen LogP contribution in [0, 0.1) is 5.41 Å². The van der Waals surface area contributed by atoms with E-state index in [4.69, 9.17) is 9.47 Å². The van der Waals surface area contributed by atoms with Crippen molar-refractivity contribution in [2.75, 3.05) is 20.8 Å². The van der Waals surface area contributed by atoms with Gasteiger partial charge in [-0.05, 0) is 0 Å². The number of methoxy groups -OCH3 is 2. The molecule has 0 aliphatic heterocycles. The van der Waals surface area contributed by atoms with Crippen LogP contribution in [0.2, 0.25) is 0 Å². The van der Waals surface area contributed by atoms with Gasteiger partial charge in [0, 0.05) is 5.41 Å². The largest absolute Gasteiger partial charge is 0.508 e. The van der Waals surface area contributed by atoms with Crippen LogP contribution in [0.15, 0.2) is 0 Å². The van der Waals surface area contributed by atoms with Crippen molar-refractivity contribution >= 4 is 12.3 Å². The summed E-state index contributed by atoms with van der Waals surface area (Å²) in [5.41, 5.74) is -0.373. The number of rotatable bonds is 3. The van der Waals surface area contributed by atoms with Crippen molar-refractivity contribution in [2.45, 2.75) is 26.9 Å². The van der Waals surface area contributed by atoms with Gasteiger partial charge in [-0.2, -0.15) is 0 Å². The molecule has 0 heterocycles. The highest BCUT2D eigenvalue weighted by molar-refractivity contribution is 5.60. The molecule has 0 aliphatic carbocycles. The molecule has 1 unspecified atom stereocenters. The minimum atomic E-state index is -0.817. The van der Waals surface area contributed by atoms with Gasteiger partial charge in [0.2, 0.25) is 0 Å². The highest BCUT2D eigenvalue weighted by atomic mass is 16.7. The second-order valence-electron chi connectivity index (χ2n) is 4.19. The van der Waals surface area contributed by atoms with Gasteiger partial charge >= 0.3 is 12.3 Å². The molecular formula is C10H18O6. The number of carbonyl (C=O) groups excluding carboxylic acids is 2. The molecule has 6 nitrogen and oxygen atoms in total. The van der Waals surface area contributed by atoms with Gasteiger partial charge in [0.25, 0.3) is 0 Å². The minimum absolute atomic E-state index is 0.0781. The zero-order valence-corrected chi connectivity index (χ0v) is 10.2. The van der Waals surface area contributed by atoms with Gasteiger partial charge in [0.15, 0.2) is 0 Å². The molecule has 1 atom stereocenters. The fraction of sp³-hybridized carbons (Fsp3) is 0.800. The Morgan fingerprint density at radius 3 is 1.94 bits per heavy atom. The number of hydrogen-bond donors (Lipinski definition) is 0. The predicted octanol–water partition coefficient (Wildman–Crippen LogP) is 1.97. The van der Waals surface area contributed by atoms with E-state index in [-0.39, 0.29) is 12.0 Å². The first kappa shape index (κ1) is 14.5. The lowest BCUT2D eigenvalue weighted by Crippen LogP contribution is -2.36. The predicted molar refractivity (Wildman–Crippen MR) is 55.1 cm³/mol. The Bertz CT molecular complexity index is 242. The third-order valence-corrected chi connectivity index (χ3v) is 1.89. The molecule has 0 saturated heterocycles. The van der Waals surface area contributed by atoms with Crippen LogP contribution in [0.1, 0.15) is 20.8 Å². The van der Waals surface area contributed by atoms with Crippen LogP contribution in [-0.4, -0.2) is 39.2 Å². The Morgan fingerprint density at radius 1 is 1.06 bits per heavy atom. The summed E-state index contributed by atoms with van der Waals surface area (Å²) in [6, 6.07) is 0. The second kappa shape index (κ2) is 6.19. The first-order valence-electron chi connectivity index (χ1n) is 4.76. The van der Waals surface area contributed by atoms with Crippen LogP contribution >= 0.6 is 0 Å². The van der Waals surface area contributed by atoms with Crippen molar-refractivity contribution in [1.82, 2.24) is 0 Å². The molecule has 0 saturated carbocycles. The Morgan fingerprint density at radius 2 is 1.56 bits per heavy atom. The molecule has 0 aromatic heterocycles. The minimum Gasteiger partial charge on any atom is -0.438 e. The molecule has 16 heavy (non-hydrogen) atoms. The molecular weight excluding hydrogens is 216 g/mol. The Labute approximate surface area is 94.8 Å². The summed E-state index contributed by atoms with van der Waals surface area (Å²) in [6.45, 7) is 5.47. The zero-order valence-electron chi connectivity index (χ0n) is 10.2. The summed E-state index contributed by atoms with van der Waals surface area (Å²) in [4.78, 5) is 21.7. The van der Waals surface area contributed by atoms with E-state index in [9.17, 15) is 9.59 Å². The fourth-order valence-corrected chi connectivity index (χ4v) is 0.828. The van der Waals surface area contributed by atoms with Gasteiger partial charge in [-0.15, -0.1) is 0 Å². The van der Waals surface area contributed by atoms with Crippen LogP contribution in [0.4, 0.5) is 9.59 Å². The number of ether oxygens (including phenoxy) is 4. The first-order chi connectivity index (χ1) is 7.31. The van der Waals surface area contributed by atoms with Crippen molar-refractivity contribution in [1.29, 1.82) is 0 Å². The van der Waals surface area contributed by atoms with Crippen LogP contribution in [0.5, 0.6) is 0 Å². The average Bonchev–Trinajstić information content (AvgIpc) is 2.21. The highest BCUT2D eigenvalue weighted by Crippen LogP contribution is 2.23. The SMILES string of the molecule is COC(=O)OCC(OC(=O)OC)C(C)(C)C. The quantitative estimate of drug-likeness (QED) is 0.695. The van der Waals surface area contributed by atoms with E-state index in [1.54, 1.807) is 0 Å². The molecule has 0 radical (unpaired) electrons. The zero-order chi connectivity index (χ0) is 12.8. The summed E-state index contributed by atoms with van der Waals surface area (Å²) in [7, 11) is 2.42.